The molecule has 9 heteroatoms. The Hall–Kier alpha value is -3.25. The minimum Gasteiger partial charge on any atom is -0.322 e. The lowest BCUT2D eigenvalue weighted by Crippen LogP contribution is -2.22. The van der Waals surface area contributed by atoms with Crippen molar-refractivity contribution in [1.82, 2.24) is 9.71 Å². The number of pyridine rings is 1. The SMILES string of the molecule is CC.CCC.N#Cc1ccnc(-c2cc(NC(=O)c3ccc(N4CCNS4=O)cc3)ccc2Cl)c1. The average Bonchev–Trinajstić information content (AvgIpc) is 3.32. The number of hydrogen-bond donors (Lipinski definition) is 2. The average molecular weight is 512 g/mol. The Balaban J connectivity index is 0.000000803. The molecule has 35 heavy (non-hydrogen) atoms. The summed E-state index contributed by atoms with van der Waals surface area (Å²) in [5.74, 6) is -0.283. The molecule has 184 valence electrons. The standard InChI is InChI=1S/C21H16ClN5O2S.C3H8.C2H6/c22-19-6-3-16(12-18(19)20-11-14(13-23)7-8-24-20)26-21(28)15-1-4-17(5-2-15)27-10-9-25-30(27)29;1-3-2;1-2/h1-8,11-12,25H,9-10H2,(H,26,28);3H2,1-2H3;1-2H3. The maximum atomic E-state index is 12.7. The van der Waals surface area contributed by atoms with Gasteiger partial charge in [0.1, 0.15) is 0 Å². The van der Waals surface area contributed by atoms with Gasteiger partial charge in [-0.3, -0.25) is 14.1 Å². The molecule has 4 rings (SSSR count). The summed E-state index contributed by atoms with van der Waals surface area (Å²) in [4.78, 5) is 16.9. The highest BCUT2D eigenvalue weighted by atomic mass is 35.5. The molecule has 0 bridgehead atoms. The van der Waals surface area contributed by atoms with Gasteiger partial charge in [-0.1, -0.05) is 45.7 Å². The smallest absolute Gasteiger partial charge is 0.255 e. The van der Waals surface area contributed by atoms with Gasteiger partial charge in [-0.2, -0.15) is 5.26 Å². The summed E-state index contributed by atoms with van der Waals surface area (Å²) in [7, 11) is 0. The monoisotopic (exact) mass is 511 g/mol. The number of carbonyl (C=O) groups excluding carboxylic acids is 1. The van der Waals surface area contributed by atoms with Crippen LogP contribution < -0.4 is 14.3 Å². The molecule has 1 unspecified atom stereocenters. The third kappa shape index (κ3) is 7.62. The third-order valence-corrected chi connectivity index (χ3v) is 6.12. The molecule has 1 aromatic heterocycles. The first kappa shape index (κ1) is 28.0. The minimum atomic E-state index is -1.24. The van der Waals surface area contributed by atoms with E-state index in [4.69, 9.17) is 16.9 Å². The maximum absolute atomic E-state index is 12.7. The summed E-state index contributed by atoms with van der Waals surface area (Å²) < 4.78 is 16.4. The lowest BCUT2D eigenvalue weighted by molar-refractivity contribution is 0.102. The first-order chi connectivity index (χ1) is 17.0. The van der Waals surface area contributed by atoms with Gasteiger partial charge in [-0.25, -0.2) is 8.93 Å². The number of amides is 1. The van der Waals surface area contributed by atoms with E-state index < -0.39 is 11.2 Å². The van der Waals surface area contributed by atoms with Crippen molar-refractivity contribution in [1.29, 1.82) is 5.26 Å². The summed E-state index contributed by atoms with van der Waals surface area (Å²) >= 11 is 5.06. The van der Waals surface area contributed by atoms with Crippen LogP contribution in [0.25, 0.3) is 11.3 Å². The van der Waals surface area contributed by atoms with Crippen LogP contribution in [-0.4, -0.2) is 28.2 Å². The molecule has 7 nitrogen and oxygen atoms in total. The zero-order valence-electron chi connectivity index (χ0n) is 20.3. The van der Waals surface area contributed by atoms with E-state index in [0.717, 1.165) is 5.69 Å². The van der Waals surface area contributed by atoms with Gasteiger partial charge in [-0.05, 0) is 54.6 Å². The van der Waals surface area contributed by atoms with Crippen LogP contribution in [0.4, 0.5) is 11.4 Å². The van der Waals surface area contributed by atoms with Gasteiger partial charge >= 0.3 is 0 Å². The van der Waals surface area contributed by atoms with Crippen LogP contribution in [0.5, 0.6) is 0 Å². The first-order valence-corrected chi connectivity index (χ1v) is 13.0. The number of nitrogens with zero attached hydrogens (tertiary/aromatic N) is 3. The summed E-state index contributed by atoms with van der Waals surface area (Å²) in [6, 6.07) is 17.3. The fraction of sp³-hybridized carbons (Fsp3) is 0.269. The number of nitriles is 1. The van der Waals surface area contributed by atoms with Gasteiger partial charge in [-0.15, -0.1) is 0 Å². The Bertz CT molecular complexity index is 1200. The molecule has 1 fully saturated rings. The summed E-state index contributed by atoms with van der Waals surface area (Å²) in [5, 5.41) is 12.4. The highest BCUT2D eigenvalue weighted by molar-refractivity contribution is 7.84. The van der Waals surface area contributed by atoms with Crippen molar-refractivity contribution >= 4 is 40.1 Å². The minimum absolute atomic E-state index is 0.283. The number of aromatic nitrogens is 1. The Labute approximate surface area is 214 Å². The Kier molecular flexibility index (Phi) is 11.4. The van der Waals surface area contributed by atoms with Crippen LogP contribution in [0.15, 0.2) is 60.8 Å². The summed E-state index contributed by atoms with van der Waals surface area (Å²) in [6.07, 6.45) is 2.79. The van der Waals surface area contributed by atoms with Crippen molar-refractivity contribution in [3.8, 4) is 17.3 Å². The number of nitrogens with one attached hydrogen (secondary N) is 2. The van der Waals surface area contributed by atoms with E-state index in [1.165, 1.54) is 6.42 Å². The highest BCUT2D eigenvalue weighted by Crippen LogP contribution is 2.30. The molecule has 0 aliphatic carbocycles. The normalized spacial score (nSPS) is 14.1. The number of hydrogen-bond acceptors (Lipinski definition) is 4. The van der Waals surface area contributed by atoms with E-state index in [9.17, 15) is 9.00 Å². The van der Waals surface area contributed by atoms with Crippen molar-refractivity contribution in [3.05, 3.63) is 76.9 Å². The molecular formula is C26H30ClN5O2S. The quantitative estimate of drug-likeness (QED) is 0.451. The molecule has 3 aromatic rings. The molecule has 1 aliphatic rings. The predicted molar refractivity (Wildman–Crippen MR) is 145 cm³/mol. The van der Waals surface area contributed by atoms with Gasteiger partial charge in [0.15, 0.2) is 11.2 Å². The van der Waals surface area contributed by atoms with Gasteiger partial charge in [0.05, 0.1) is 28.0 Å². The summed E-state index contributed by atoms with van der Waals surface area (Å²) in [6.45, 7) is 9.55. The first-order valence-electron chi connectivity index (χ1n) is 11.5. The van der Waals surface area contributed by atoms with E-state index in [1.807, 2.05) is 13.8 Å². The second-order valence-electron chi connectivity index (χ2n) is 7.19. The van der Waals surface area contributed by atoms with Crippen molar-refractivity contribution in [3.63, 3.8) is 0 Å². The Morgan fingerprint density at radius 2 is 1.86 bits per heavy atom. The van der Waals surface area contributed by atoms with Crippen LogP contribution in [0.1, 0.15) is 50.0 Å². The fourth-order valence-corrected chi connectivity index (χ4v) is 4.26. The van der Waals surface area contributed by atoms with Crippen molar-refractivity contribution in [2.45, 2.75) is 34.1 Å². The van der Waals surface area contributed by atoms with Crippen LogP contribution in [0, 0.1) is 11.3 Å². The molecule has 2 heterocycles. The van der Waals surface area contributed by atoms with E-state index in [2.05, 4.69) is 34.9 Å². The molecule has 2 aromatic carbocycles. The summed E-state index contributed by atoms with van der Waals surface area (Å²) in [5.41, 5.74) is 3.44. The fourth-order valence-electron chi connectivity index (χ4n) is 3.05. The van der Waals surface area contributed by atoms with E-state index in [-0.39, 0.29) is 5.91 Å². The number of carbonyl (C=O) groups is 1. The molecule has 1 saturated heterocycles. The molecule has 1 amide bonds. The Morgan fingerprint density at radius 1 is 1.17 bits per heavy atom. The largest absolute Gasteiger partial charge is 0.322 e. The molecule has 0 saturated carbocycles. The van der Waals surface area contributed by atoms with Crippen LogP contribution in [0.3, 0.4) is 0 Å². The van der Waals surface area contributed by atoms with Crippen molar-refractivity contribution in [2.24, 2.45) is 0 Å². The van der Waals surface area contributed by atoms with Gasteiger partial charge < -0.3 is 5.32 Å². The van der Waals surface area contributed by atoms with Gasteiger partial charge in [0.2, 0.25) is 0 Å². The number of benzene rings is 2. The zero-order valence-corrected chi connectivity index (χ0v) is 21.9. The van der Waals surface area contributed by atoms with Crippen molar-refractivity contribution in [2.75, 3.05) is 22.7 Å². The third-order valence-electron chi connectivity index (χ3n) is 4.55. The second kappa shape index (κ2) is 14.2. The van der Waals surface area contributed by atoms with Gasteiger partial charge in [0.25, 0.3) is 5.91 Å². The predicted octanol–water partition coefficient (Wildman–Crippen LogP) is 5.96. The zero-order chi connectivity index (χ0) is 25.8. The number of halogens is 1. The molecule has 1 aliphatic heterocycles. The Morgan fingerprint density at radius 3 is 2.46 bits per heavy atom. The van der Waals surface area contributed by atoms with Crippen LogP contribution in [0.2, 0.25) is 5.02 Å². The number of anilines is 2. The molecular weight excluding hydrogens is 482 g/mol. The van der Waals surface area contributed by atoms with Gasteiger partial charge in [0, 0.05) is 36.1 Å². The van der Waals surface area contributed by atoms with Crippen LogP contribution >= 0.6 is 11.6 Å². The lowest BCUT2D eigenvalue weighted by atomic mass is 10.1. The highest BCUT2D eigenvalue weighted by Gasteiger charge is 2.20. The lowest BCUT2D eigenvalue weighted by Gasteiger charge is -2.15. The molecule has 0 spiro atoms. The number of rotatable bonds is 4. The van der Waals surface area contributed by atoms with E-state index in [1.54, 1.807) is 65.1 Å². The molecule has 0 radical (unpaired) electrons. The van der Waals surface area contributed by atoms with E-state index in [0.29, 0.717) is 46.2 Å². The topological polar surface area (TPSA) is 98.1 Å². The van der Waals surface area contributed by atoms with Crippen molar-refractivity contribution < 1.29 is 9.00 Å². The maximum Gasteiger partial charge on any atom is 0.255 e. The molecule has 1 atom stereocenters. The second-order valence-corrected chi connectivity index (χ2v) is 8.82. The van der Waals surface area contributed by atoms with Crippen LogP contribution in [-0.2, 0) is 11.2 Å². The molecule has 2 N–H and O–H groups in total. The van der Waals surface area contributed by atoms with E-state index >= 15 is 0 Å².